The maximum Gasteiger partial charge on any atom is 0.426 e. The molecule has 1 amide bonds. The molecule has 0 bridgehead atoms. The Labute approximate surface area is 145 Å². The van der Waals surface area contributed by atoms with Gasteiger partial charge in [-0.15, -0.1) is 0 Å². The number of carbonyl (C=O) groups is 1. The fourth-order valence-corrected chi connectivity index (χ4v) is 4.31. The van der Waals surface area contributed by atoms with Crippen molar-refractivity contribution in [1.29, 1.82) is 0 Å². The smallest absolute Gasteiger partial charge is 0.426 e. The SMILES string of the molecule is CC1(C2=CC=CCC2F)COS(=O)(=O)N1C(=O)OCc1ccccc1. The summed E-state index contributed by atoms with van der Waals surface area (Å²) in [5.41, 5.74) is -0.581. The van der Waals surface area contributed by atoms with Gasteiger partial charge in [-0.3, -0.25) is 4.18 Å². The van der Waals surface area contributed by atoms with Crippen molar-refractivity contribution in [3.8, 4) is 0 Å². The molecule has 1 heterocycles. The predicted octanol–water partition coefficient (Wildman–Crippen LogP) is 2.88. The van der Waals surface area contributed by atoms with E-state index in [1.54, 1.807) is 36.4 Å². The highest BCUT2D eigenvalue weighted by Gasteiger charge is 2.55. The van der Waals surface area contributed by atoms with E-state index in [0.717, 1.165) is 0 Å². The Morgan fingerprint density at radius 1 is 1.40 bits per heavy atom. The van der Waals surface area contributed by atoms with Gasteiger partial charge >= 0.3 is 16.4 Å². The van der Waals surface area contributed by atoms with E-state index in [-0.39, 0.29) is 25.2 Å². The topological polar surface area (TPSA) is 72.9 Å². The van der Waals surface area contributed by atoms with E-state index >= 15 is 0 Å². The number of hydrogen-bond donors (Lipinski definition) is 0. The lowest BCUT2D eigenvalue weighted by Crippen LogP contribution is -2.51. The van der Waals surface area contributed by atoms with Gasteiger partial charge in [0.2, 0.25) is 0 Å². The molecular formula is C17H18FNO5S. The Bertz CT molecular complexity index is 821. The van der Waals surface area contributed by atoms with Crippen LogP contribution in [0.15, 0.2) is 54.1 Å². The van der Waals surface area contributed by atoms with Crippen molar-refractivity contribution in [3.05, 3.63) is 59.7 Å². The van der Waals surface area contributed by atoms with Crippen LogP contribution in [-0.2, 0) is 25.8 Å². The lowest BCUT2D eigenvalue weighted by atomic mass is 9.85. The Morgan fingerprint density at radius 3 is 2.80 bits per heavy atom. The highest BCUT2D eigenvalue weighted by atomic mass is 32.2. The minimum Gasteiger partial charge on any atom is -0.444 e. The van der Waals surface area contributed by atoms with Crippen LogP contribution in [0.1, 0.15) is 18.9 Å². The number of carbonyl (C=O) groups excluding carboxylic acids is 1. The molecule has 1 aliphatic heterocycles. The molecule has 6 nitrogen and oxygen atoms in total. The van der Waals surface area contributed by atoms with Gasteiger partial charge in [0.1, 0.15) is 18.3 Å². The van der Waals surface area contributed by atoms with Crippen LogP contribution < -0.4 is 0 Å². The number of ether oxygens (including phenoxy) is 1. The van der Waals surface area contributed by atoms with E-state index in [2.05, 4.69) is 0 Å². The molecule has 3 rings (SSSR count). The minimum atomic E-state index is -4.34. The number of halogens is 1. The van der Waals surface area contributed by atoms with Gasteiger partial charge in [0.15, 0.2) is 0 Å². The first kappa shape index (κ1) is 17.6. The van der Waals surface area contributed by atoms with E-state index in [0.29, 0.717) is 9.87 Å². The first-order chi connectivity index (χ1) is 11.8. The van der Waals surface area contributed by atoms with Gasteiger partial charge in [-0.05, 0) is 18.1 Å². The van der Waals surface area contributed by atoms with Crippen molar-refractivity contribution in [2.45, 2.75) is 31.7 Å². The summed E-state index contributed by atoms with van der Waals surface area (Å²) in [6.45, 7) is 1.01. The summed E-state index contributed by atoms with van der Waals surface area (Å²) in [6, 6.07) is 8.85. The van der Waals surface area contributed by atoms with Gasteiger partial charge in [0.25, 0.3) is 0 Å². The molecule has 1 aromatic carbocycles. The van der Waals surface area contributed by atoms with Crippen molar-refractivity contribution >= 4 is 16.4 Å². The largest absolute Gasteiger partial charge is 0.444 e. The molecule has 1 fully saturated rings. The zero-order chi connectivity index (χ0) is 18.1. The van der Waals surface area contributed by atoms with Crippen LogP contribution in [0.5, 0.6) is 0 Å². The van der Waals surface area contributed by atoms with E-state index < -0.39 is 28.1 Å². The van der Waals surface area contributed by atoms with E-state index in [4.69, 9.17) is 8.92 Å². The lowest BCUT2D eigenvalue weighted by Gasteiger charge is -2.34. The van der Waals surface area contributed by atoms with Crippen molar-refractivity contribution in [3.63, 3.8) is 0 Å². The average Bonchev–Trinajstić information content (AvgIpc) is 2.84. The molecule has 134 valence electrons. The molecule has 1 saturated heterocycles. The molecule has 1 aliphatic carbocycles. The van der Waals surface area contributed by atoms with Gasteiger partial charge in [-0.2, -0.15) is 12.7 Å². The number of amides is 1. The number of alkyl halides is 1. The highest BCUT2D eigenvalue weighted by Crippen LogP contribution is 2.39. The van der Waals surface area contributed by atoms with E-state index in [9.17, 15) is 17.6 Å². The average molecular weight is 367 g/mol. The third-order valence-corrected chi connectivity index (χ3v) is 5.66. The van der Waals surface area contributed by atoms with Crippen LogP contribution in [0.25, 0.3) is 0 Å². The molecule has 1 aromatic rings. The van der Waals surface area contributed by atoms with Crippen LogP contribution in [0.3, 0.4) is 0 Å². The van der Waals surface area contributed by atoms with E-state index in [1.807, 2.05) is 6.07 Å². The molecule has 0 radical (unpaired) electrons. The summed E-state index contributed by atoms with van der Waals surface area (Å²) in [4.78, 5) is 12.5. The second kappa shape index (κ2) is 6.61. The third-order valence-electron chi connectivity index (χ3n) is 4.25. The molecule has 0 N–H and O–H groups in total. The summed E-state index contributed by atoms with van der Waals surface area (Å²) in [5.74, 6) is 0. The fraction of sp³-hybridized carbons (Fsp3) is 0.353. The molecule has 25 heavy (non-hydrogen) atoms. The molecule has 0 spiro atoms. The molecule has 8 heteroatoms. The van der Waals surface area contributed by atoms with Crippen LogP contribution in [0, 0.1) is 0 Å². The standard InChI is InChI=1S/C17H18FNO5S/c1-17(14-9-5-6-10-15(14)18)12-24-25(21,22)19(17)16(20)23-11-13-7-3-2-4-8-13/h2-9,15H,10-12H2,1H3. The van der Waals surface area contributed by atoms with Crippen molar-refractivity contribution < 1.29 is 26.5 Å². The van der Waals surface area contributed by atoms with Crippen LogP contribution in [-0.4, -0.2) is 37.1 Å². The minimum absolute atomic E-state index is 0.0974. The maximum absolute atomic E-state index is 14.3. The van der Waals surface area contributed by atoms with Gasteiger partial charge in [-0.25, -0.2) is 9.18 Å². The molecule has 2 unspecified atom stereocenters. The zero-order valence-electron chi connectivity index (χ0n) is 13.6. The summed E-state index contributed by atoms with van der Waals surface area (Å²) in [6.07, 6.45) is 2.39. The summed E-state index contributed by atoms with van der Waals surface area (Å²) >= 11 is 0. The van der Waals surface area contributed by atoms with Crippen LogP contribution in [0.2, 0.25) is 0 Å². The monoisotopic (exact) mass is 367 g/mol. The number of rotatable bonds is 3. The van der Waals surface area contributed by atoms with Crippen molar-refractivity contribution in [2.24, 2.45) is 0 Å². The highest BCUT2D eigenvalue weighted by molar-refractivity contribution is 7.85. The first-order valence-electron chi connectivity index (χ1n) is 7.76. The van der Waals surface area contributed by atoms with Gasteiger partial charge in [0.05, 0.1) is 6.61 Å². The van der Waals surface area contributed by atoms with Crippen LogP contribution in [0.4, 0.5) is 9.18 Å². The van der Waals surface area contributed by atoms with Gasteiger partial charge in [-0.1, -0.05) is 48.6 Å². The molecule has 2 atom stereocenters. The van der Waals surface area contributed by atoms with Crippen molar-refractivity contribution in [2.75, 3.05) is 6.61 Å². The Balaban J connectivity index is 1.86. The van der Waals surface area contributed by atoms with Gasteiger partial charge in [0, 0.05) is 6.42 Å². The second-order valence-corrected chi connectivity index (χ2v) is 7.51. The zero-order valence-corrected chi connectivity index (χ0v) is 14.4. The summed E-state index contributed by atoms with van der Waals surface area (Å²) in [5, 5.41) is 0. The van der Waals surface area contributed by atoms with Gasteiger partial charge < -0.3 is 4.74 Å². The molecule has 2 aliphatic rings. The predicted molar refractivity (Wildman–Crippen MR) is 88.5 cm³/mol. The normalized spacial score (nSPS) is 27.8. The lowest BCUT2D eigenvalue weighted by molar-refractivity contribution is 0.0995. The number of nitrogens with zero attached hydrogens (tertiary/aromatic N) is 1. The molecule has 0 saturated carbocycles. The number of allylic oxidation sites excluding steroid dienone is 3. The number of benzene rings is 1. The Morgan fingerprint density at radius 2 is 2.12 bits per heavy atom. The maximum atomic E-state index is 14.3. The Kier molecular flexibility index (Phi) is 4.66. The Hall–Kier alpha value is -2.19. The second-order valence-electron chi connectivity index (χ2n) is 6.05. The van der Waals surface area contributed by atoms with Crippen LogP contribution >= 0.6 is 0 Å². The molecular weight excluding hydrogens is 349 g/mol. The van der Waals surface area contributed by atoms with Crippen molar-refractivity contribution in [1.82, 2.24) is 4.31 Å². The first-order valence-corrected chi connectivity index (χ1v) is 9.13. The summed E-state index contributed by atoms with van der Waals surface area (Å²) < 4.78 is 49.2. The molecule has 0 aromatic heterocycles. The number of hydrogen-bond acceptors (Lipinski definition) is 5. The van der Waals surface area contributed by atoms with E-state index in [1.165, 1.54) is 13.0 Å². The fourth-order valence-electron chi connectivity index (χ4n) is 2.94. The summed E-state index contributed by atoms with van der Waals surface area (Å²) in [7, 11) is -4.34. The third kappa shape index (κ3) is 3.32. The quantitative estimate of drug-likeness (QED) is 0.821.